The molecule has 1 amide bonds. The van der Waals surface area contributed by atoms with Gasteiger partial charge in [0.25, 0.3) is 0 Å². The molecule has 1 saturated carbocycles. The molecule has 22 heavy (non-hydrogen) atoms. The SMILES string of the molecule is C[C@H](C[C@@H](C)C(=O)N1C2CCCCC2C[C@H]1C(=O)O)C(=O)O. The van der Waals surface area contributed by atoms with Crippen LogP contribution in [0.15, 0.2) is 0 Å². The van der Waals surface area contributed by atoms with Crippen molar-refractivity contribution in [2.24, 2.45) is 17.8 Å². The fourth-order valence-electron chi connectivity index (χ4n) is 3.98. The molecule has 2 rings (SSSR count). The van der Waals surface area contributed by atoms with Gasteiger partial charge in [-0.15, -0.1) is 0 Å². The number of hydrogen-bond acceptors (Lipinski definition) is 3. The van der Waals surface area contributed by atoms with Crippen molar-refractivity contribution in [1.82, 2.24) is 4.90 Å². The molecule has 1 aliphatic carbocycles. The average molecular weight is 311 g/mol. The molecule has 1 saturated heterocycles. The highest BCUT2D eigenvalue weighted by Crippen LogP contribution is 2.40. The van der Waals surface area contributed by atoms with Crippen LogP contribution in [0, 0.1) is 17.8 Å². The highest BCUT2D eigenvalue weighted by atomic mass is 16.4. The van der Waals surface area contributed by atoms with Crippen LogP contribution in [-0.2, 0) is 14.4 Å². The zero-order chi connectivity index (χ0) is 16.4. The maximum Gasteiger partial charge on any atom is 0.326 e. The lowest BCUT2D eigenvalue weighted by Crippen LogP contribution is -2.48. The Bertz CT molecular complexity index is 463. The van der Waals surface area contributed by atoms with Crippen molar-refractivity contribution >= 4 is 17.8 Å². The minimum atomic E-state index is -0.943. The summed E-state index contributed by atoms with van der Waals surface area (Å²) in [5.41, 5.74) is 0. The predicted molar refractivity (Wildman–Crippen MR) is 79.2 cm³/mol. The van der Waals surface area contributed by atoms with Gasteiger partial charge in [0.15, 0.2) is 0 Å². The summed E-state index contributed by atoms with van der Waals surface area (Å²) >= 11 is 0. The van der Waals surface area contributed by atoms with E-state index in [1.54, 1.807) is 18.7 Å². The first-order valence-electron chi connectivity index (χ1n) is 8.10. The molecule has 2 fully saturated rings. The molecule has 2 unspecified atom stereocenters. The van der Waals surface area contributed by atoms with Crippen LogP contribution in [0.3, 0.4) is 0 Å². The standard InChI is InChI=1S/C16H25NO5/c1-9(7-10(2)15(19)20)14(18)17-12-6-4-3-5-11(12)8-13(17)16(21)22/h9-13H,3-8H2,1-2H3,(H,19,20)(H,21,22)/t9-,10-,11?,12?,13+/m1/s1. The molecular formula is C16H25NO5. The van der Waals surface area contributed by atoms with E-state index in [9.17, 15) is 19.5 Å². The van der Waals surface area contributed by atoms with Gasteiger partial charge in [0.05, 0.1) is 5.92 Å². The van der Waals surface area contributed by atoms with E-state index in [1.807, 2.05) is 0 Å². The molecule has 1 aliphatic heterocycles. The van der Waals surface area contributed by atoms with Gasteiger partial charge in [0.2, 0.25) is 5.91 Å². The van der Waals surface area contributed by atoms with Crippen LogP contribution in [0.2, 0.25) is 0 Å². The summed E-state index contributed by atoms with van der Waals surface area (Å²) < 4.78 is 0. The molecule has 0 radical (unpaired) electrons. The summed E-state index contributed by atoms with van der Waals surface area (Å²) in [5.74, 6) is -2.86. The van der Waals surface area contributed by atoms with Gasteiger partial charge in [-0.25, -0.2) is 4.79 Å². The first kappa shape index (κ1) is 16.8. The first-order chi connectivity index (χ1) is 10.3. The highest BCUT2D eigenvalue weighted by Gasteiger charge is 2.48. The van der Waals surface area contributed by atoms with Crippen LogP contribution in [0.25, 0.3) is 0 Å². The van der Waals surface area contributed by atoms with Crippen LogP contribution >= 0.6 is 0 Å². The number of aliphatic carboxylic acids is 2. The lowest BCUT2D eigenvalue weighted by molar-refractivity contribution is -0.152. The minimum absolute atomic E-state index is 0.0185. The number of fused-ring (bicyclic) bond motifs is 1. The molecule has 0 aromatic rings. The third kappa shape index (κ3) is 3.25. The summed E-state index contributed by atoms with van der Waals surface area (Å²) in [5, 5.41) is 18.4. The van der Waals surface area contributed by atoms with E-state index in [1.165, 1.54) is 0 Å². The van der Waals surface area contributed by atoms with Crippen LogP contribution in [-0.4, -0.2) is 45.0 Å². The van der Waals surface area contributed by atoms with E-state index in [2.05, 4.69) is 0 Å². The maximum absolute atomic E-state index is 12.7. The van der Waals surface area contributed by atoms with Crippen LogP contribution < -0.4 is 0 Å². The average Bonchev–Trinajstić information content (AvgIpc) is 2.85. The minimum Gasteiger partial charge on any atom is -0.481 e. The Morgan fingerprint density at radius 1 is 1.09 bits per heavy atom. The molecule has 2 aliphatic rings. The number of carbonyl (C=O) groups is 3. The summed E-state index contributed by atoms with van der Waals surface area (Å²) in [6.07, 6.45) is 4.75. The number of amides is 1. The van der Waals surface area contributed by atoms with Gasteiger partial charge in [0.1, 0.15) is 6.04 Å². The van der Waals surface area contributed by atoms with E-state index in [4.69, 9.17) is 5.11 Å². The van der Waals surface area contributed by atoms with Crippen molar-refractivity contribution in [2.75, 3.05) is 0 Å². The molecule has 1 heterocycles. The molecule has 2 N–H and O–H groups in total. The lowest BCUT2D eigenvalue weighted by Gasteiger charge is -2.34. The Morgan fingerprint density at radius 2 is 1.73 bits per heavy atom. The number of carbonyl (C=O) groups excluding carboxylic acids is 1. The molecule has 6 heteroatoms. The topological polar surface area (TPSA) is 94.9 Å². The number of nitrogens with zero attached hydrogens (tertiary/aromatic N) is 1. The Morgan fingerprint density at radius 3 is 2.32 bits per heavy atom. The normalized spacial score (nSPS) is 30.5. The molecule has 6 nitrogen and oxygen atoms in total. The van der Waals surface area contributed by atoms with Gasteiger partial charge in [-0.05, 0) is 31.6 Å². The number of carboxylic acids is 2. The number of carboxylic acid groups (broad SMARTS) is 2. The Labute approximate surface area is 130 Å². The second-order valence-electron chi connectivity index (χ2n) is 6.82. The van der Waals surface area contributed by atoms with Gasteiger partial charge in [-0.1, -0.05) is 26.7 Å². The van der Waals surface area contributed by atoms with Crippen molar-refractivity contribution in [3.63, 3.8) is 0 Å². The lowest BCUT2D eigenvalue weighted by atomic mass is 9.84. The summed E-state index contributed by atoms with van der Waals surface area (Å²) in [6.45, 7) is 3.28. The quantitative estimate of drug-likeness (QED) is 0.809. The predicted octanol–water partition coefficient (Wildman–Crippen LogP) is 1.98. The van der Waals surface area contributed by atoms with Crippen molar-refractivity contribution < 1.29 is 24.6 Å². The molecule has 0 spiro atoms. The van der Waals surface area contributed by atoms with Crippen LogP contribution in [0.4, 0.5) is 0 Å². The van der Waals surface area contributed by atoms with E-state index < -0.39 is 29.8 Å². The molecule has 0 bridgehead atoms. The van der Waals surface area contributed by atoms with E-state index >= 15 is 0 Å². The van der Waals surface area contributed by atoms with Crippen molar-refractivity contribution in [3.8, 4) is 0 Å². The number of rotatable bonds is 5. The smallest absolute Gasteiger partial charge is 0.326 e. The van der Waals surface area contributed by atoms with Crippen molar-refractivity contribution in [3.05, 3.63) is 0 Å². The third-order valence-electron chi connectivity index (χ3n) is 5.18. The number of likely N-dealkylation sites (tertiary alicyclic amines) is 1. The fourth-order valence-corrected chi connectivity index (χ4v) is 3.98. The van der Waals surface area contributed by atoms with E-state index in [0.29, 0.717) is 6.42 Å². The highest BCUT2D eigenvalue weighted by molar-refractivity contribution is 5.86. The van der Waals surface area contributed by atoms with Crippen LogP contribution in [0.1, 0.15) is 52.4 Å². The van der Waals surface area contributed by atoms with Gasteiger partial charge >= 0.3 is 11.9 Å². The van der Waals surface area contributed by atoms with Crippen LogP contribution in [0.5, 0.6) is 0 Å². The monoisotopic (exact) mass is 311 g/mol. The zero-order valence-electron chi connectivity index (χ0n) is 13.2. The molecular weight excluding hydrogens is 286 g/mol. The second-order valence-corrected chi connectivity index (χ2v) is 6.82. The molecule has 124 valence electrons. The van der Waals surface area contributed by atoms with Gasteiger partial charge < -0.3 is 15.1 Å². The third-order valence-corrected chi connectivity index (χ3v) is 5.18. The Kier molecular flexibility index (Phi) is 5.08. The van der Waals surface area contributed by atoms with Gasteiger partial charge in [-0.3, -0.25) is 9.59 Å². The van der Waals surface area contributed by atoms with Crippen molar-refractivity contribution in [1.29, 1.82) is 0 Å². The van der Waals surface area contributed by atoms with Crippen molar-refractivity contribution in [2.45, 2.75) is 64.5 Å². The maximum atomic E-state index is 12.7. The number of hydrogen-bond donors (Lipinski definition) is 2. The summed E-state index contributed by atoms with van der Waals surface area (Å²) in [7, 11) is 0. The first-order valence-corrected chi connectivity index (χ1v) is 8.10. The van der Waals surface area contributed by atoms with E-state index in [-0.39, 0.29) is 24.3 Å². The summed E-state index contributed by atoms with van der Waals surface area (Å²) in [6, 6.07) is -0.729. The zero-order valence-corrected chi connectivity index (χ0v) is 13.2. The largest absolute Gasteiger partial charge is 0.481 e. The molecule has 0 aromatic heterocycles. The molecule has 5 atom stereocenters. The fraction of sp³-hybridized carbons (Fsp3) is 0.812. The Hall–Kier alpha value is -1.59. The molecule has 0 aromatic carbocycles. The summed E-state index contributed by atoms with van der Waals surface area (Å²) in [4.78, 5) is 36.8. The van der Waals surface area contributed by atoms with Gasteiger partial charge in [-0.2, -0.15) is 0 Å². The Balaban J connectivity index is 2.13. The second kappa shape index (κ2) is 6.67. The van der Waals surface area contributed by atoms with E-state index in [0.717, 1.165) is 25.7 Å². The van der Waals surface area contributed by atoms with Gasteiger partial charge in [0, 0.05) is 12.0 Å².